The second-order valence-corrected chi connectivity index (χ2v) is 8.75. The molecule has 2 aromatic rings. The van der Waals surface area contributed by atoms with Gasteiger partial charge in [0.2, 0.25) is 0 Å². The van der Waals surface area contributed by atoms with Gasteiger partial charge in [-0.25, -0.2) is 16.8 Å². The van der Waals surface area contributed by atoms with E-state index in [1.54, 1.807) is 4.13 Å². The summed E-state index contributed by atoms with van der Waals surface area (Å²) < 4.78 is 72.0. The third-order valence-corrected chi connectivity index (χ3v) is 7.05. The molecule has 0 unspecified atom stereocenters. The van der Waals surface area contributed by atoms with E-state index < -0.39 is 20.0 Å². The third kappa shape index (κ3) is 4.43. The molecule has 11 heteroatoms. The van der Waals surface area contributed by atoms with Gasteiger partial charge in [-0.15, -0.1) is 4.13 Å². The SMILES string of the molecule is COc1ccc(S(=O)(=O)NS(=O)(=O)c2ccc(OC)c(OC)c2)cc1OC. The standard InChI is InChI=1S/C16H19NO8S2/c1-22-13-7-5-11(9-15(13)24-3)26(18,19)17-27(20,21)12-6-8-14(23-2)16(10-12)25-4/h5-10,17H,1-4H3. The van der Waals surface area contributed by atoms with Crippen molar-refractivity contribution in [1.29, 1.82) is 0 Å². The van der Waals surface area contributed by atoms with Gasteiger partial charge >= 0.3 is 0 Å². The highest BCUT2D eigenvalue weighted by atomic mass is 32.3. The highest BCUT2D eigenvalue weighted by Gasteiger charge is 2.26. The Morgan fingerprint density at radius 1 is 0.593 bits per heavy atom. The molecule has 2 aromatic carbocycles. The summed E-state index contributed by atoms with van der Waals surface area (Å²) >= 11 is 0. The lowest BCUT2D eigenvalue weighted by Gasteiger charge is -2.12. The monoisotopic (exact) mass is 417 g/mol. The van der Waals surface area contributed by atoms with E-state index in [2.05, 4.69) is 0 Å². The number of ether oxygens (including phenoxy) is 4. The number of sulfonamides is 2. The summed E-state index contributed by atoms with van der Waals surface area (Å²) in [5.41, 5.74) is 0. The lowest BCUT2D eigenvalue weighted by atomic mass is 10.3. The van der Waals surface area contributed by atoms with Gasteiger partial charge in [0.1, 0.15) is 0 Å². The summed E-state index contributed by atoms with van der Waals surface area (Å²) in [6, 6.07) is 7.44. The summed E-state index contributed by atoms with van der Waals surface area (Å²) in [5, 5.41) is 0. The van der Waals surface area contributed by atoms with Crippen molar-refractivity contribution in [3.63, 3.8) is 0 Å². The Hall–Kier alpha value is -2.50. The van der Waals surface area contributed by atoms with Gasteiger partial charge in [-0.2, -0.15) is 0 Å². The second-order valence-electron chi connectivity index (χ2n) is 5.12. The molecule has 0 fully saturated rings. The molecule has 0 radical (unpaired) electrons. The summed E-state index contributed by atoms with van der Waals surface area (Å²) in [7, 11) is -3.35. The normalized spacial score (nSPS) is 11.7. The van der Waals surface area contributed by atoms with Crippen LogP contribution in [0.25, 0.3) is 0 Å². The van der Waals surface area contributed by atoms with E-state index in [0.29, 0.717) is 11.5 Å². The van der Waals surface area contributed by atoms with Crippen molar-refractivity contribution in [3.05, 3.63) is 36.4 Å². The maximum atomic E-state index is 12.5. The Morgan fingerprint density at radius 2 is 0.926 bits per heavy atom. The number of rotatable bonds is 8. The Labute approximate surface area is 157 Å². The highest BCUT2D eigenvalue weighted by Crippen LogP contribution is 2.31. The molecule has 148 valence electrons. The van der Waals surface area contributed by atoms with Gasteiger partial charge in [0.15, 0.2) is 23.0 Å². The zero-order chi connectivity index (χ0) is 20.2. The number of methoxy groups -OCH3 is 4. The van der Waals surface area contributed by atoms with Crippen LogP contribution in [0.3, 0.4) is 0 Å². The molecule has 9 nitrogen and oxygen atoms in total. The second kappa shape index (κ2) is 8.03. The van der Waals surface area contributed by atoms with Gasteiger partial charge in [0, 0.05) is 12.1 Å². The van der Waals surface area contributed by atoms with Gasteiger partial charge in [0.25, 0.3) is 20.0 Å². The summed E-state index contributed by atoms with van der Waals surface area (Å²) in [4.78, 5) is -0.603. The summed E-state index contributed by atoms with van der Waals surface area (Å²) in [6.07, 6.45) is 0. The predicted molar refractivity (Wildman–Crippen MR) is 96.6 cm³/mol. The number of nitrogens with one attached hydrogen (secondary N) is 1. The first-order valence-corrected chi connectivity index (χ1v) is 10.4. The maximum absolute atomic E-state index is 12.5. The Morgan fingerprint density at radius 3 is 1.22 bits per heavy atom. The molecule has 2 rings (SSSR count). The summed E-state index contributed by atoms with van der Waals surface area (Å²) in [6.45, 7) is 0. The van der Waals surface area contributed by atoms with Gasteiger partial charge in [-0.1, -0.05) is 0 Å². The van der Waals surface area contributed by atoms with Crippen molar-refractivity contribution < 1.29 is 35.8 Å². The van der Waals surface area contributed by atoms with Gasteiger partial charge in [0.05, 0.1) is 38.2 Å². The zero-order valence-corrected chi connectivity index (χ0v) is 16.7. The fourth-order valence-electron chi connectivity index (χ4n) is 2.21. The first kappa shape index (κ1) is 20.8. The number of hydrogen-bond donors (Lipinski definition) is 1. The predicted octanol–water partition coefficient (Wildman–Crippen LogP) is 1.39. The van der Waals surface area contributed by atoms with Crippen LogP contribution in [0.4, 0.5) is 0 Å². The van der Waals surface area contributed by atoms with Crippen LogP contribution in [0, 0.1) is 0 Å². The number of benzene rings is 2. The molecule has 0 aromatic heterocycles. The molecule has 0 aliphatic heterocycles. The molecule has 27 heavy (non-hydrogen) atoms. The molecule has 0 amide bonds. The zero-order valence-electron chi connectivity index (χ0n) is 15.0. The average Bonchev–Trinajstić information content (AvgIpc) is 2.65. The molecule has 0 aliphatic rings. The minimum atomic E-state index is -4.40. The molecule has 0 aliphatic carbocycles. The third-order valence-electron chi connectivity index (χ3n) is 3.55. The van der Waals surface area contributed by atoms with E-state index in [1.165, 1.54) is 52.7 Å². The molecule has 1 N–H and O–H groups in total. The fraction of sp³-hybridized carbons (Fsp3) is 0.250. The van der Waals surface area contributed by atoms with E-state index in [0.717, 1.165) is 12.1 Å². The fourth-order valence-corrected chi connectivity index (χ4v) is 5.15. The molecule has 0 bridgehead atoms. The maximum Gasteiger partial charge on any atom is 0.253 e. The van der Waals surface area contributed by atoms with Crippen molar-refractivity contribution in [2.24, 2.45) is 0 Å². The van der Waals surface area contributed by atoms with E-state index in [1.807, 2.05) is 0 Å². The Kier molecular flexibility index (Phi) is 6.19. The minimum Gasteiger partial charge on any atom is -0.493 e. The highest BCUT2D eigenvalue weighted by molar-refractivity contribution is 8.04. The lowest BCUT2D eigenvalue weighted by molar-refractivity contribution is 0.354. The van der Waals surface area contributed by atoms with Crippen molar-refractivity contribution >= 4 is 20.0 Å². The van der Waals surface area contributed by atoms with Crippen LogP contribution >= 0.6 is 0 Å². The Balaban J connectivity index is 2.42. The van der Waals surface area contributed by atoms with E-state index in [4.69, 9.17) is 18.9 Å². The van der Waals surface area contributed by atoms with Crippen molar-refractivity contribution in [1.82, 2.24) is 4.13 Å². The number of hydrogen-bond acceptors (Lipinski definition) is 8. The van der Waals surface area contributed by atoms with Crippen molar-refractivity contribution in [3.8, 4) is 23.0 Å². The van der Waals surface area contributed by atoms with Crippen LogP contribution in [-0.4, -0.2) is 45.3 Å². The molecule has 0 saturated heterocycles. The lowest BCUT2D eigenvalue weighted by Crippen LogP contribution is -2.30. The first-order valence-electron chi connectivity index (χ1n) is 7.41. The molecular formula is C16H19NO8S2. The van der Waals surface area contributed by atoms with Crippen LogP contribution in [0.5, 0.6) is 23.0 Å². The molecule has 0 saturated carbocycles. The van der Waals surface area contributed by atoms with Crippen molar-refractivity contribution in [2.75, 3.05) is 28.4 Å². The molecular weight excluding hydrogens is 398 g/mol. The van der Waals surface area contributed by atoms with Crippen LogP contribution < -0.4 is 23.1 Å². The van der Waals surface area contributed by atoms with Gasteiger partial charge in [-0.3, -0.25) is 0 Å². The average molecular weight is 417 g/mol. The van der Waals surface area contributed by atoms with Crippen LogP contribution in [0.2, 0.25) is 0 Å². The quantitative estimate of drug-likeness (QED) is 0.685. The molecule has 0 heterocycles. The first-order chi connectivity index (χ1) is 12.7. The van der Waals surface area contributed by atoms with Crippen molar-refractivity contribution in [2.45, 2.75) is 9.79 Å². The van der Waals surface area contributed by atoms with Gasteiger partial charge in [-0.05, 0) is 24.3 Å². The topological polar surface area (TPSA) is 117 Å². The Bertz CT molecular complexity index is 949. The smallest absolute Gasteiger partial charge is 0.253 e. The summed E-state index contributed by atoms with van der Waals surface area (Å²) in [5.74, 6) is 0.895. The molecule has 0 atom stereocenters. The molecule has 0 spiro atoms. The van der Waals surface area contributed by atoms with E-state index >= 15 is 0 Å². The van der Waals surface area contributed by atoms with Crippen LogP contribution in [0.15, 0.2) is 46.2 Å². The minimum absolute atomic E-state index is 0.142. The van der Waals surface area contributed by atoms with Crippen LogP contribution in [-0.2, 0) is 20.0 Å². The largest absolute Gasteiger partial charge is 0.493 e. The van der Waals surface area contributed by atoms with E-state index in [9.17, 15) is 16.8 Å². The van der Waals surface area contributed by atoms with Crippen LogP contribution in [0.1, 0.15) is 0 Å². The van der Waals surface area contributed by atoms with E-state index in [-0.39, 0.29) is 21.3 Å². The van der Waals surface area contributed by atoms with Gasteiger partial charge < -0.3 is 18.9 Å².